The average Bonchev–Trinajstić information content (AvgIpc) is 3.47. The van der Waals surface area contributed by atoms with Crippen molar-refractivity contribution in [3.8, 4) is 11.4 Å². The van der Waals surface area contributed by atoms with Crippen LogP contribution in [-0.2, 0) is 13.2 Å². The number of carbonyl (C=O) groups excluding carboxylic acids is 1. The van der Waals surface area contributed by atoms with E-state index >= 15 is 0 Å². The lowest BCUT2D eigenvalue weighted by atomic mass is 10.3. The van der Waals surface area contributed by atoms with Crippen LogP contribution in [-0.4, -0.2) is 25.8 Å². The van der Waals surface area contributed by atoms with Gasteiger partial charge in [-0.05, 0) is 36.4 Å². The Labute approximate surface area is 168 Å². The van der Waals surface area contributed by atoms with Crippen LogP contribution in [0.1, 0.15) is 21.1 Å². The number of hydrogen-bond donors (Lipinski definition) is 1. The second-order valence-electron chi connectivity index (χ2n) is 5.69. The quantitative estimate of drug-likeness (QED) is 0.496. The lowest BCUT2D eigenvalue weighted by Gasteiger charge is -2.05. The highest BCUT2D eigenvalue weighted by atomic mass is 35.5. The van der Waals surface area contributed by atoms with Gasteiger partial charge in [-0.25, -0.2) is 9.67 Å². The second-order valence-corrected chi connectivity index (χ2v) is 7.49. The van der Waals surface area contributed by atoms with Crippen LogP contribution in [0.25, 0.3) is 5.69 Å². The molecule has 0 unspecified atom stereocenters. The van der Waals surface area contributed by atoms with E-state index in [0.717, 1.165) is 10.6 Å². The first kappa shape index (κ1) is 18.2. The number of nitrogens with zero attached hydrogens (tertiary/aromatic N) is 4. The largest absolute Gasteiger partial charge is 0.486 e. The Balaban J connectivity index is 1.30. The molecule has 0 bridgehead atoms. The lowest BCUT2D eigenvalue weighted by Crippen LogP contribution is -2.22. The average molecular weight is 416 g/mol. The van der Waals surface area contributed by atoms with Crippen molar-refractivity contribution in [1.29, 1.82) is 0 Å². The summed E-state index contributed by atoms with van der Waals surface area (Å²) in [5.41, 5.74) is 1.07. The smallest absolute Gasteiger partial charge is 0.273 e. The van der Waals surface area contributed by atoms with Gasteiger partial charge in [0.15, 0.2) is 11.5 Å². The fourth-order valence-corrected chi connectivity index (χ4v) is 3.41. The minimum absolute atomic E-state index is 0.156. The summed E-state index contributed by atoms with van der Waals surface area (Å²) in [6, 6.07) is 12.6. The highest BCUT2D eigenvalue weighted by molar-refractivity contribution is 7.16. The third kappa shape index (κ3) is 4.38. The van der Waals surface area contributed by atoms with E-state index in [-0.39, 0.29) is 18.2 Å². The molecule has 3 heterocycles. The molecular formula is C18H14ClN5O3S. The van der Waals surface area contributed by atoms with Gasteiger partial charge in [0.2, 0.25) is 0 Å². The molecule has 0 spiro atoms. The van der Waals surface area contributed by atoms with Crippen molar-refractivity contribution in [3.05, 3.63) is 75.8 Å². The summed E-state index contributed by atoms with van der Waals surface area (Å²) >= 11 is 7.29. The van der Waals surface area contributed by atoms with Crippen LogP contribution in [0, 0.1) is 0 Å². The number of halogens is 1. The van der Waals surface area contributed by atoms with E-state index in [4.69, 9.17) is 20.9 Å². The monoisotopic (exact) mass is 415 g/mol. The number of thiophene rings is 1. The molecular weight excluding hydrogens is 402 g/mol. The summed E-state index contributed by atoms with van der Waals surface area (Å²) in [5.74, 6) is 0.780. The predicted octanol–water partition coefficient (Wildman–Crippen LogP) is 3.48. The van der Waals surface area contributed by atoms with Gasteiger partial charge < -0.3 is 14.6 Å². The molecule has 1 amide bonds. The number of rotatable bonds is 7. The Hall–Kier alpha value is -3.17. The van der Waals surface area contributed by atoms with E-state index in [1.54, 1.807) is 23.1 Å². The predicted molar refractivity (Wildman–Crippen MR) is 103 cm³/mol. The summed E-state index contributed by atoms with van der Waals surface area (Å²) in [5, 5.41) is 10.6. The third-order valence-corrected chi connectivity index (χ3v) is 4.98. The second kappa shape index (κ2) is 8.24. The number of aromatic nitrogens is 4. The lowest BCUT2D eigenvalue weighted by molar-refractivity contribution is 0.0942. The number of nitrogens with one attached hydrogen (secondary N) is 1. The van der Waals surface area contributed by atoms with Crippen molar-refractivity contribution in [3.63, 3.8) is 0 Å². The zero-order chi connectivity index (χ0) is 19.3. The molecule has 0 saturated heterocycles. The Morgan fingerprint density at radius 1 is 1.25 bits per heavy atom. The molecule has 4 rings (SSSR count). The van der Waals surface area contributed by atoms with Crippen LogP contribution >= 0.6 is 22.9 Å². The van der Waals surface area contributed by atoms with E-state index < -0.39 is 0 Å². The molecule has 0 saturated carbocycles. The maximum Gasteiger partial charge on any atom is 0.273 e. The number of carbonyl (C=O) groups is 1. The molecule has 0 aliphatic heterocycles. The van der Waals surface area contributed by atoms with E-state index in [0.29, 0.717) is 22.4 Å². The van der Waals surface area contributed by atoms with Gasteiger partial charge in [-0.1, -0.05) is 16.8 Å². The van der Waals surface area contributed by atoms with Gasteiger partial charge in [0.25, 0.3) is 5.91 Å². The fraction of sp³-hybridized carbons (Fsp3) is 0.111. The molecule has 4 aromatic rings. The standard InChI is InChI=1S/C18H14ClN5O3S/c19-17-6-5-15(28-17)8-21-18(25)16-7-14(27-23-16)9-26-13-3-1-12(2-4-13)24-11-20-10-22-24/h1-7,10-11H,8-9H2,(H,21,25). The topological polar surface area (TPSA) is 95.1 Å². The summed E-state index contributed by atoms with van der Waals surface area (Å²) in [6.07, 6.45) is 3.08. The molecule has 142 valence electrons. The molecule has 3 aromatic heterocycles. The zero-order valence-corrected chi connectivity index (χ0v) is 16.0. The Bertz CT molecular complexity index is 1060. The Morgan fingerprint density at radius 2 is 2.11 bits per heavy atom. The van der Waals surface area contributed by atoms with Crippen molar-refractivity contribution in [2.45, 2.75) is 13.2 Å². The number of amides is 1. The summed E-state index contributed by atoms with van der Waals surface area (Å²) in [6.45, 7) is 0.538. The van der Waals surface area contributed by atoms with Crippen molar-refractivity contribution in [2.24, 2.45) is 0 Å². The maximum absolute atomic E-state index is 12.1. The molecule has 0 radical (unpaired) electrons. The highest BCUT2D eigenvalue weighted by Crippen LogP contribution is 2.21. The van der Waals surface area contributed by atoms with E-state index in [1.807, 2.05) is 30.3 Å². The minimum atomic E-state index is -0.322. The van der Waals surface area contributed by atoms with Crippen molar-refractivity contribution in [2.75, 3.05) is 0 Å². The Morgan fingerprint density at radius 3 is 2.82 bits per heavy atom. The first-order chi connectivity index (χ1) is 13.7. The van der Waals surface area contributed by atoms with Crippen LogP contribution in [0.5, 0.6) is 5.75 Å². The van der Waals surface area contributed by atoms with Gasteiger partial charge in [-0.2, -0.15) is 5.10 Å². The van der Waals surface area contributed by atoms with Gasteiger partial charge in [-0.3, -0.25) is 4.79 Å². The molecule has 8 nitrogen and oxygen atoms in total. The van der Waals surface area contributed by atoms with Gasteiger partial charge in [0, 0.05) is 10.9 Å². The van der Waals surface area contributed by atoms with Gasteiger partial charge in [0.05, 0.1) is 16.6 Å². The minimum Gasteiger partial charge on any atom is -0.486 e. The first-order valence-corrected chi connectivity index (χ1v) is 9.43. The summed E-state index contributed by atoms with van der Waals surface area (Å²) in [4.78, 5) is 17.0. The number of benzene rings is 1. The van der Waals surface area contributed by atoms with Crippen molar-refractivity contribution >= 4 is 28.8 Å². The Kier molecular flexibility index (Phi) is 5.36. The van der Waals surface area contributed by atoms with Gasteiger partial charge in [0.1, 0.15) is 25.0 Å². The molecule has 0 aliphatic carbocycles. The molecule has 10 heteroatoms. The summed E-state index contributed by atoms with van der Waals surface area (Å²) < 4.78 is 13.2. The number of ether oxygens (including phenoxy) is 1. The molecule has 0 fully saturated rings. The van der Waals surface area contributed by atoms with Crippen molar-refractivity contribution in [1.82, 2.24) is 25.2 Å². The molecule has 1 aromatic carbocycles. The molecule has 28 heavy (non-hydrogen) atoms. The van der Waals surface area contributed by atoms with Gasteiger partial charge >= 0.3 is 0 Å². The van der Waals surface area contributed by atoms with Gasteiger partial charge in [-0.15, -0.1) is 11.3 Å². The van der Waals surface area contributed by atoms with Crippen LogP contribution in [0.4, 0.5) is 0 Å². The SMILES string of the molecule is O=C(NCc1ccc(Cl)s1)c1cc(COc2ccc(-n3cncn3)cc2)on1. The van der Waals surface area contributed by atoms with E-state index in [1.165, 1.54) is 17.7 Å². The summed E-state index contributed by atoms with van der Waals surface area (Å²) in [7, 11) is 0. The highest BCUT2D eigenvalue weighted by Gasteiger charge is 2.13. The van der Waals surface area contributed by atoms with Crippen LogP contribution in [0.3, 0.4) is 0 Å². The molecule has 1 N–H and O–H groups in total. The van der Waals surface area contributed by atoms with Crippen LogP contribution in [0.15, 0.2) is 59.6 Å². The molecule has 0 atom stereocenters. The van der Waals surface area contributed by atoms with Crippen LogP contribution in [0.2, 0.25) is 4.34 Å². The van der Waals surface area contributed by atoms with E-state index in [2.05, 4.69) is 20.6 Å². The van der Waals surface area contributed by atoms with Crippen molar-refractivity contribution < 1.29 is 14.1 Å². The van der Waals surface area contributed by atoms with E-state index in [9.17, 15) is 4.79 Å². The number of hydrogen-bond acceptors (Lipinski definition) is 7. The fourth-order valence-electron chi connectivity index (χ4n) is 2.38. The first-order valence-electron chi connectivity index (χ1n) is 8.23. The normalized spacial score (nSPS) is 10.8. The molecule has 0 aliphatic rings. The zero-order valence-electron chi connectivity index (χ0n) is 14.4. The maximum atomic E-state index is 12.1. The van der Waals surface area contributed by atoms with Crippen LogP contribution < -0.4 is 10.1 Å². The third-order valence-electron chi connectivity index (χ3n) is 3.74.